The maximum absolute atomic E-state index is 13.6. The molecule has 0 unspecified atom stereocenters. The number of hydrogen-bond donors (Lipinski definition) is 2. The van der Waals surface area contributed by atoms with E-state index in [1.165, 1.54) is 18.2 Å². The molecule has 2 rings (SSSR count). The van der Waals surface area contributed by atoms with Crippen LogP contribution in [0, 0.1) is 5.82 Å². The van der Waals surface area contributed by atoms with E-state index in [2.05, 4.69) is 10.0 Å². The van der Waals surface area contributed by atoms with E-state index in [4.69, 9.17) is 11.6 Å². The van der Waals surface area contributed by atoms with Gasteiger partial charge >= 0.3 is 0 Å². The highest BCUT2D eigenvalue weighted by Gasteiger charge is 2.27. The smallest absolute Gasteiger partial charge is 0.235 e. The molecule has 0 aliphatic carbocycles. The molecule has 1 aliphatic rings. The van der Waals surface area contributed by atoms with Crippen molar-refractivity contribution in [3.05, 3.63) is 29.0 Å². The fourth-order valence-electron chi connectivity index (χ4n) is 1.92. The lowest BCUT2D eigenvalue weighted by Gasteiger charge is -2.23. The zero-order valence-corrected chi connectivity index (χ0v) is 11.2. The summed E-state index contributed by atoms with van der Waals surface area (Å²) in [5.74, 6) is -0.739. The third kappa shape index (κ3) is 2.93. The third-order valence-electron chi connectivity index (χ3n) is 2.93. The van der Waals surface area contributed by atoms with Crippen LogP contribution in [-0.2, 0) is 10.0 Å². The summed E-state index contributed by atoms with van der Waals surface area (Å²) in [7, 11) is -3.56. The van der Waals surface area contributed by atoms with Crippen LogP contribution < -0.4 is 10.0 Å². The molecule has 0 saturated carbocycles. The molecule has 1 aliphatic heterocycles. The highest BCUT2D eigenvalue weighted by molar-refractivity contribution is 7.93. The van der Waals surface area contributed by atoms with Crippen molar-refractivity contribution in [3.63, 3.8) is 0 Å². The standard InChI is InChI=1S/C11H14ClFN2O2S/c12-9-2-1-3-10(11(9)13)15-18(16,17)8-4-6-14-7-5-8/h1-3,8,14-15H,4-7H2. The summed E-state index contributed by atoms with van der Waals surface area (Å²) < 4.78 is 40.0. The molecule has 0 radical (unpaired) electrons. The Morgan fingerprint density at radius 3 is 2.67 bits per heavy atom. The quantitative estimate of drug-likeness (QED) is 0.895. The molecule has 0 bridgehead atoms. The molecule has 100 valence electrons. The van der Waals surface area contributed by atoms with Crippen LogP contribution in [0.5, 0.6) is 0 Å². The lowest BCUT2D eigenvalue weighted by molar-refractivity contribution is 0.498. The van der Waals surface area contributed by atoms with Crippen LogP contribution in [0.2, 0.25) is 5.02 Å². The normalized spacial score (nSPS) is 17.7. The maximum atomic E-state index is 13.6. The highest BCUT2D eigenvalue weighted by Crippen LogP contribution is 2.24. The van der Waals surface area contributed by atoms with Crippen LogP contribution in [0.3, 0.4) is 0 Å². The number of piperidine rings is 1. The van der Waals surface area contributed by atoms with Gasteiger partial charge in [-0.2, -0.15) is 0 Å². The Hall–Kier alpha value is -0.850. The fraction of sp³-hybridized carbons (Fsp3) is 0.455. The second-order valence-electron chi connectivity index (χ2n) is 4.20. The van der Waals surface area contributed by atoms with Gasteiger partial charge in [0.1, 0.15) is 0 Å². The molecule has 2 N–H and O–H groups in total. The molecule has 4 nitrogen and oxygen atoms in total. The van der Waals surface area contributed by atoms with Gasteiger partial charge in [-0.05, 0) is 38.1 Å². The summed E-state index contributed by atoms with van der Waals surface area (Å²) in [4.78, 5) is 0. The van der Waals surface area contributed by atoms with Crippen molar-refractivity contribution >= 4 is 27.3 Å². The summed E-state index contributed by atoms with van der Waals surface area (Å²) in [6.07, 6.45) is 1.05. The number of rotatable bonds is 3. The minimum absolute atomic E-state index is 0.0963. The number of benzene rings is 1. The van der Waals surface area contributed by atoms with Gasteiger partial charge in [-0.15, -0.1) is 0 Å². The Morgan fingerprint density at radius 2 is 2.00 bits per heavy atom. The van der Waals surface area contributed by atoms with Gasteiger partial charge in [0.05, 0.1) is 16.0 Å². The first-order chi connectivity index (χ1) is 8.50. The topological polar surface area (TPSA) is 58.2 Å². The first-order valence-electron chi connectivity index (χ1n) is 5.67. The van der Waals surface area contributed by atoms with E-state index in [1.807, 2.05) is 0 Å². The minimum atomic E-state index is -3.56. The largest absolute Gasteiger partial charge is 0.317 e. The number of sulfonamides is 1. The SMILES string of the molecule is O=S(=O)(Nc1cccc(Cl)c1F)C1CCNCC1. The first-order valence-corrected chi connectivity index (χ1v) is 7.59. The molecule has 0 atom stereocenters. The van der Waals surface area contributed by atoms with Crippen LogP contribution in [-0.4, -0.2) is 26.8 Å². The Balaban J connectivity index is 2.19. The molecule has 1 fully saturated rings. The van der Waals surface area contributed by atoms with Crippen LogP contribution in [0.4, 0.5) is 10.1 Å². The zero-order chi connectivity index (χ0) is 13.2. The van der Waals surface area contributed by atoms with Crippen LogP contribution in [0.25, 0.3) is 0 Å². The first kappa shape index (κ1) is 13.6. The van der Waals surface area contributed by atoms with E-state index >= 15 is 0 Å². The van der Waals surface area contributed by atoms with Crippen molar-refractivity contribution in [2.24, 2.45) is 0 Å². The van der Waals surface area contributed by atoms with Crippen molar-refractivity contribution in [3.8, 4) is 0 Å². The molecule has 1 aromatic carbocycles. The molecular formula is C11H14ClFN2O2S. The van der Waals surface area contributed by atoms with Gasteiger partial charge in [0, 0.05) is 0 Å². The van der Waals surface area contributed by atoms with Gasteiger partial charge in [-0.25, -0.2) is 12.8 Å². The van der Waals surface area contributed by atoms with Crippen molar-refractivity contribution < 1.29 is 12.8 Å². The van der Waals surface area contributed by atoms with Crippen LogP contribution in [0.15, 0.2) is 18.2 Å². The predicted octanol–water partition coefficient (Wildman–Crippen LogP) is 1.97. The monoisotopic (exact) mass is 292 g/mol. The molecule has 0 spiro atoms. The van der Waals surface area contributed by atoms with Gasteiger partial charge < -0.3 is 5.32 Å². The summed E-state index contributed by atoms with van der Waals surface area (Å²) >= 11 is 5.61. The Bertz CT molecular complexity index is 530. The van der Waals surface area contributed by atoms with Gasteiger partial charge in [0.25, 0.3) is 0 Å². The zero-order valence-electron chi connectivity index (χ0n) is 9.62. The Morgan fingerprint density at radius 1 is 1.33 bits per heavy atom. The molecular weight excluding hydrogens is 279 g/mol. The second-order valence-corrected chi connectivity index (χ2v) is 6.57. The molecule has 7 heteroatoms. The summed E-state index contributed by atoms with van der Waals surface area (Å²) in [5, 5.41) is 2.50. The number of nitrogens with one attached hydrogen (secondary N) is 2. The van der Waals surface area contributed by atoms with Crippen molar-refractivity contribution in [2.45, 2.75) is 18.1 Å². The van der Waals surface area contributed by atoms with Gasteiger partial charge in [-0.1, -0.05) is 17.7 Å². The summed E-state index contributed by atoms with van der Waals surface area (Å²) in [6, 6.07) is 4.24. The predicted molar refractivity (Wildman–Crippen MR) is 69.8 cm³/mol. The van der Waals surface area contributed by atoms with Gasteiger partial charge in [-0.3, -0.25) is 4.72 Å². The lowest BCUT2D eigenvalue weighted by atomic mass is 10.2. The van der Waals surface area contributed by atoms with Crippen molar-refractivity contribution in [2.75, 3.05) is 17.8 Å². The lowest BCUT2D eigenvalue weighted by Crippen LogP contribution is -2.38. The average Bonchev–Trinajstić information content (AvgIpc) is 2.36. The van der Waals surface area contributed by atoms with E-state index in [-0.39, 0.29) is 10.7 Å². The van der Waals surface area contributed by atoms with Crippen LogP contribution in [0.1, 0.15) is 12.8 Å². The van der Waals surface area contributed by atoms with Gasteiger partial charge in [0.2, 0.25) is 10.0 Å². The molecule has 0 amide bonds. The average molecular weight is 293 g/mol. The van der Waals surface area contributed by atoms with Crippen LogP contribution >= 0.6 is 11.6 Å². The van der Waals surface area contributed by atoms with E-state index in [0.29, 0.717) is 25.9 Å². The number of hydrogen-bond acceptors (Lipinski definition) is 3. The fourth-order valence-corrected chi connectivity index (χ4v) is 3.59. The minimum Gasteiger partial charge on any atom is -0.317 e. The van der Waals surface area contributed by atoms with Crippen molar-refractivity contribution in [1.29, 1.82) is 0 Å². The van der Waals surface area contributed by atoms with Gasteiger partial charge in [0.15, 0.2) is 5.82 Å². The summed E-state index contributed by atoms with van der Waals surface area (Å²) in [6.45, 7) is 1.31. The number of halogens is 2. The third-order valence-corrected chi connectivity index (χ3v) is 5.07. The Kier molecular flexibility index (Phi) is 4.09. The van der Waals surface area contributed by atoms with Crippen molar-refractivity contribution in [1.82, 2.24) is 5.32 Å². The number of anilines is 1. The second kappa shape index (κ2) is 5.42. The summed E-state index contributed by atoms with van der Waals surface area (Å²) in [5.41, 5.74) is -0.0963. The molecule has 1 saturated heterocycles. The Labute approximate surface area is 111 Å². The molecule has 1 heterocycles. The highest BCUT2D eigenvalue weighted by atomic mass is 35.5. The molecule has 0 aromatic heterocycles. The molecule has 18 heavy (non-hydrogen) atoms. The van der Waals surface area contributed by atoms with E-state index in [0.717, 1.165) is 0 Å². The van der Waals surface area contributed by atoms with E-state index in [9.17, 15) is 12.8 Å². The maximum Gasteiger partial charge on any atom is 0.235 e. The van der Waals surface area contributed by atoms with E-state index in [1.54, 1.807) is 0 Å². The molecule has 1 aromatic rings. The van der Waals surface area contributed by atoms with E-state index < -0.39 is 21.1 Å².